The highest BCUT2D eigenvalue weighted by molar-refractivity contribution is 7.80. The van der Waals surface area contributed by atoms with Gasteiger partial charge in [-0.3, -0.25) is 4.55 Å². The fraction of sp³-hybridized carbons (Fsp3) is 0.455. The molecule has 0 heterocycles. The normalized spacial score (nSPS) is 13.7. The van der Waals surface area contributed by atoms with Crippen molar-refractivity contribution in [3.05, 3.63) is 72.9 Å². The van der Waals surface area contributed by atoms with E-state index in [2.05, 4.69) is 71.9 Å². The third-order valence-electron chi connectivity index (χ3n) is 3.34. The molecule has 0 atom stereocenters. The summed E-state index contributed by atoms with van der Waals surface area (Å²) in [5.41, 5.74) is 0. The summed E-state index contributed by atoms with van der Waals surface area (Å²) < 4.78 is 33.3. The molecule has 0 fully saturated rings. The smallest absolute Gasteiger partial charge is 0.264 e. The Morgan fingerprint density at radius 1 is 0.667 bits per heavy atom. The van der Waals surface area contributed by atoms with E-state index in [0.29, 0.717) is 6.42 Å². The minimum Gasteiger partial charge on any atom is -0.264 e. The Bertz CT molecular complexity index is 608. The molecule has 0 saturated heterocycles. The monoisotopic (exact) mass is 394 g/mol. The van der Waals surface area contributed by atoms with Gasteiger partial charge in [0.2, 0.25) is 0 Å². The van der Waals surface area contributed by atoms with Crippen LogP contribution in [0.25, 0.3) is 0 Å². The summed E-state index contributed by atoms with van der Waals surface area (Å²) in [5, 5.41) is 0. The predicted octanol–water partition coefficient (Wildman–Crippen LogP) is 6.28. The summed E-state index contributed by atoms with van der Waals surface area (Å²) in [6.45, 7) is 2.15. The summed E-state index contributed by atoms with van der Waals surface area (Å²) in [7, 11) is -4.30. The van der Waals surface area contributed by atoms with Gasteiger partial charge in [-0.2, -0.15) is 8.42 Å². The molecular formula is C22H34O4S. The molecule has 5 heteroatoms. The number of hydrogen-bond donors (Lipinski definition) is 1. The Morgan fingerprint density at radius 2 is 1.04 bits per heavy atom. The Labute approximate surface area is 165 Å². The third kappa shape index (κ3) is 24.3. The maximum atomic E-state index is 10.3. The highest BCUT2D eigenvalue weighted by Crippen LogP contribution is 1.98. The van der Waals surface area contributed by atoms with Crippen LogP contribution in [0.15, 0.2) is 72.9 Å². The van der Waals surface area contributed by atoms with Gasteiger partial charge < -0.3 is 0 Å². The Kier molecular flexibility index (Phi) is 17.9. The largest absolute Gasteiger partial charge is 0.397 e. The standard InChI is InChI=1S/C22H34O4S/c1-2-3-4-5-6-7-8-9-10-11-12-13-14-15-16-17-18-19-20-21-22-26-27(23,24)25/h3-4,6-7,9-10,12-13,15-16,18-19H,2,5,8,11,14,17,20-22H2,1H3,(H,23,24,25)/b4-3+,7-6+,10-9+,13-12+,16-15+,19-18+. The van der Waals surface area contributed by atoms with Crippen LogP contribution in [0.2, 0.25) is 0 Å². The molecule has 0 aromatic heterocycles. The van der Waals surface area contributed by atoms with Gasteiger partial charge in [0, 0.05) is 0 Å². The summed E-state index contributed by atoms with van der Waals surface area (Å²) in [6, 6.07) is 0. The highest BCUT2D eigenvalue weighted by Gasteiger charge is 2.01. The first-order valence-corrected chi connectivity index (χ1v) is 10.9. The van der Waals surface area contributed by atoms with E-state index in [1.807, 2.05) is 12.2 Å². The van der Waals surface area contributed by atoms with Crippen LogP contribution in [-0.4, -0.2) is 19.6 Å². The van der Waals surface area contributed by atoms with Crippen LogP contribution >= 0.6 is 0 Å². The molecule has 0 spiro atoms. The van der Waals surface area contributed by atoms with E-state index in [9.17, 15) is 8.42 Å². The molecule has 0 rings (SSSR count). The van der Waals surface area contributed by atoms with E-state index in [1.165, 1.54) is 0 Å². The van der Waals surface area contributed by atoms with Crippen molar-refractivity contribution in [2.45, 2.75) is 58.3 Å². The van der Waals surface area contributed by atoms with Gasteiger partial charge in [0.1, 0.15) is 0 Å². The zero-order valence-corrected chi connectivity index (χ0v) is 17.2. The van der Waals surface area contributed by atoms with Crippen molar-refractivity contribution in [2.75, 3.05) is 6.61 Å². The van der Waals surface area contributed by atoms with Gasteiger partial charge in [-0.15, -0.1) is 0 Å². The molecule has 0 aliphatic heterocycles. The van der Waals surface area contributed by atoms with Crippen LogP contribution in [-0.2, 0) is 14.6 Å². The molecule has 0 amide bonds. The summed E-state index contributed by atoms with van der Waals surface area (Å²) in [6.07, 6.45) is 32.8. The van der Waals surface area contributed by atoms with Crippen LogP contribution < -0.4 is 0 Å². The van der Waals surface area contributed by atoms with Gasteiger partial charge >= 0.3 is 10.4 Å². The van der Waals surface area contributed by atoms with Gasteiger partial charge in [-0.25, -0.2) is 4.18 Å². The number of allylic oxidation sites excluding steroid dienone is 12. The second kappa shape index (κ2) is 19.1. The lowest BCUT2D eigenvalue weighted by Gasteiger charge is -1.96. The van der Waals surface area contributed by atoms with Crippen molar-refractivity contribution in [2.24, 2.45) is 0 Å². The SMILES string of the molecule is CC/C=C/C/C=C/C/C=C/C/C=C/C/C=C/C/C=C/CCCOS(=O)(=O)O. The first-order valence-electron chi connectivity index (χ1n) is 9.58. The van der Waals surface area contributed by atoms with E-state index in [0.717, 1.165) is 44.9 Å². The lowest BCUT2D eigenvalue weighted by molar-refractivity contribution is 0.265. The van der Waals surface area contributed by atoms with E-state index in [4.69, 9.17) is 4.55 Å². The third-order valence-corrected chi connectivity index (χ3v) is 3.81. The minimum atomic E-state index is -4.30. The summed E-state index contributed by atoms with van der Waals surface area (Å²) >= 11 is 0. The average Bonchev–Trinajstić information content (AvgIpc) is 2.62. The molecule has 0 aromatic carbocycles. The lowest BCUT2D eigenvalue weighted by Crippen LogP contribution is -2.04. The minimum absolute atomic E-state index is 0.00481. The van der Waals surface area contributed by atoms with Crippen molar-refractivity contribution >= 4 is 10.4 Å². The lowest BCUT2D eigenvalue weighted by atomic mass is 10.2. The topological polar surface area (TPSA) is 63.6 Å². The van der Waals surface area contributed by atoms with Gasteiger partial charge in [-0.05, 0) is 51.4 Å². The Balaban J connectivity index is 3.53. The van der Waals surface area contributed by atoms with Gasteiger partial charge in [-0.1, -0.05) is 79.8 Å². The second-order valence-corrected chi connectivity index (χ2v) is 6.90. The van der Waals surface area contributed by atoms with Gasteiger partial charge in [0.15, 0.2) is 0 Å². The molecule has 0 saturated carbocycles. The van der Waals surface area contributed by atoms with E-state index < -0.39 is 10.4 Å². The molecule has 0 radical (unpaired) electrons. The molecule has 4 nitrogen and oxygen atoms in total. The summed E-state index contributed by atoms with van der Waals surface area (Å²) in [5.74, 6) is 0. The number of hydrogen-bond acceptors (Lipinski definition) is 3. The fourth-order valence-corrected chi connectivity index (χ4v) is 2.33. The van der Waals surface area contributed by atoms with Crippen molar-refractivity contribution in [3.63, 3.8) is 0 Å². The zero-order valence-electron chi connectivity index (χ0n) is 16.4. The van der Waals surface area contributed by atoms with Gasteiger partial charge in [0.25, 0.3) is 0 Å². The Morgan fingerprint density at radius 3 is 1.41 bits per heavy atom. The van der Waals surface area contributed by atoms with Crippen LogP contribution in [0.4, 0.5) is 0 Å². The van der Waals surface area contributed by atoms with E-state index >= 15 is 0 Å². The number of unbranched alkanes of at least 4 members (excludes halogenated alkanes) is 1. The predicted molar refractivity (Wildman–Crippen MR) is 115 cm³/mol. The first kappa shape index (κ1) is 25.3. The fourth-order valence-electron chi connectivity index (χ4n) is 2.01. The van der Waals surface area contributed by atoms with Crippen molar-refractivity contribution < 1.29 is 17.2 Å². The second-order valence-electron chi connectivity index (χ2n) is 5.81. The molecule has 152 valence electrons. The maximum Gasteiger partial charge on any atom is 0.397 e. The van der Waals surface area contributed by atoms with Crippen molar-refractivity contribution in [1.82, 2.24) is 0 Å². The molecule has 0 aromatic rings. The van der Waals surface area contributed by atoms with Gasteiger partial charge in [0.05, 0.1) is 6.61 Å². The molecular weight excluding hydrogens is 360 g/mol. The zero-order chi connectivity index (χ0) is 20.1. The first-order chi connectivity index (χ1) is 13.1. The molecule has 0 unspecified atom stereocenters. The molecule has 0 aliphatic rings. The number of rotatable bonds is 16. The summed E-state index contributed by atoms with van der Waals surface area (Å²) in [4.78, 5) is 0. The quantitative estimate of drug-likeness (QED) is 0.190. The van der Waals surface area contributed by atoms with Crippen LogP contribution in [0.5, 0.6) is 0 Å². The van der Waals surface area contributed by atoms with Crippen LogP contribution in [0.3, 0.4) is 0 Å². The molecule has 1 N–H and O–H groups in total. The average molecular weight is 395 g/mol. The van der Waals surface area contributed by atoms with E-state index in [-0.39, 0.29) is 6.61 Å². The molecule has 27 heavy (non-hydrogen) atoms. The molecule has 0 bridgehead atoms. The van der Waals surface area contributed by atoms with Crippen LogP contribution in [0, 0.1) is 0 Å². The van der Waals surface area contributed by atoms with Crippen molar-refractivity contribution in [1.29, 1.82) is 0 Å². The molecule has 0 aliphatic carbocycles. The highest BCUT2D eigenvalue weighted by atomic mass is 32.3. The van der Waals surface area contributed by atoms with Crippen molar-refractivity contribution in [3.8, 4) is 0 Å². The van der Waals surface area contributed by atoms with Crippen LogP contribution in [0.1, 0.15) is 58.3 Å². The maximum absolute atomic E-state index is 10.3. The Hall–Kier alpha value is -1.69. The van der Waals surface area contributed by atoms with E-state index in [1.54, 1.807) is 0 Å².